The molecule has 3 amide bonds. The predicted octanol–water partition coefficient (Wildman–Crippen LogP) is 6.50. The second kappa shape index (κ2) is 13.5. The van der Waals surface area contributed by atoms with Crippen molar-refractivity contribution in [1.29, 1.82) is 0 Å². The summed E-state index contributed by atoms with van der Waals surface area (Å²) in [6.07, 6.45) is 2.75. The van der Waals surface area contributed by atoms with Gasteiger partial charge < -0.3 is 10.2 Å². The van der Waals surface area contributed by atoms with Crippen LogP contribution in [0.4, 0.5) is 18.0 Å². The van der Waals surface area contributed by atoms with Crippen LogP contribution >= 0.6 is 0 Å². The lowest BCUT2D eigenvalue weighted by molar-refractivity contribution is -0.134. The highest BCUT2D eigenvalue weighted by Crippen LogP contribution is 2.43. The maximum atomic E-state index is 14.3. The van der Waals surface area contributed by atoms with Crippen LogP contribution in [0.25, 0.3) is 0 Å². The number of carbonyl (C=O) groups excluding carboxylic acids is 3. The minimum atomic E-state index is -1.66. The Bertz CT molecular complexity index is 1640. The van der Waals surface area contributed by atoms with Crippen molar-refractivity contribution in [1.82, 2.24) is 20.2 Å². The first-order chi connectivity index (χ1) is 22.0. The molecule has 0 saturated carbocycles. The van der Waals surface area contributed by atoms with E-state index >= 15 is 0 Å². The number of Topliss-reactive ketones (excluding diaryl/α,β-unsaturated/α-hetero) is 1. The average molecular weight is 633 g/mol. The van der Waals surface area contributed by atoms with Crippen LogP contribution in [0.2, 0.25) is 0 Å². The summed E-state index contributed by atoms with van der Waals surface area (Å²) in [4.78, 5) is 40.7. The number of halogens is 3. The third kappa shape index (κ3) is 6.31. The van der Waals surface area contributed by atoms with Gasteiger partial charge in [0, 0.05) is 23.2 Å². The van der Waals surface area contributed by atoms with Gasteiger partial charge in [-0.2, -0.15) is 0 Å². The van der Waals surface area contributed by atoms with Gasteiger partial charge in [0.05, 0.1) is 0 Å². The highest BCUT2D eigenvalue weighted by Gasteiger charge is 2.41. The van der Waals surface area contributed by atoms with Crippen molar-refractivity contribution < 1.29 is 27.6 Å². The first-order valence-electron chi connectivity index (χ1n) is 15.5. The van der Waals surface area contributed by atoms with E-state index in [0.29, 0.717) is 19.4 Å². The van der Waals surface area contributed by atoms with Crippen LogP contribution < -0.4 is 5.32 Å². The number of urea groups is 1. The molecule has 0 bridgehead atoms. The number of allylic oxidation sites excluding steroid dienone is 1. The van der Waals surface area contributed by atoms with Crippen molar-refractivity contribution in [2.45, 2.75) is 58.4 Å². The molecular weight excluding hydrogens is 593 g/mol. The highest BCUT2D eigenvalue weighted by molar-refractivity contribution is 5.98. The lowest BCUT2D eigenvalue weighted by Gasteiger charge is -2.44. The fourth-order valence-electron chi connectivity index (χ4n) is 7.01. The van der Waals surface area contributed by atoms with E-state index in [4.69, 9.17) is 0 Å². The molecule has 0 spiro atoms. The monoisotopic (exact) mass is 632 g/mol. The van der Waals surface area contributed by atoms with Crippen molar-refractivity contribution in [2.75, 3.05) is 26.2 Å². The Morgan fingerprint density at radius 2 is 1.63 bits per heavy atom. The number of rotatable bonds is 10. The number of aryl methyl sites for hydroxylation is 2. The van der Waals surface area contributed by atoms with Gasteiger partial charge in [0.2, 0.25) is 6.41 Å². The molecule has 2 aliphatic rings. The molecule has 1 saturated heterocycles. The van der Waals surface area contributed by atoms with Crippen molar-refractivity contribution in [2.24, 2.45) is 0 Å². The number of nitrogens with one attached hydrogen (secondary N) is 1. The van der Waals surface area contributed by atoms with Crippen LogP contribution in [0.15, 0.2) is 71.9 Å². The number of likely N-dealkylation sites (tertiary alicyclic amines) is 1. The lowest BCUT2D eigenvalue weighted by atomic mass is 9.67. The first kappa shape index (κ1) is 32.9. The largest absolute Gasteiger partial charge is 0.341 e. The van der Waals surface area contributed by atoms with Gasteiger partial charge in [0.15, 0.2) is 23.2 Å². The number of hydrazine groups is 1. The van der Waals surface area contributed by atoms with Crippen molar-refractivity contribution >= 4 is 18.2 Å². The van der Waals surface area contributed by atoms with E-state index in [-0.39, 0.29) is 28.8 Å². The van der Waals surface area contributed by atoms with Gasteiger partial charge >= 0.3 is 6.03 Å². The molecule has 46 heavy (non-hydrogen) atoms. The third-order valence-corrected chi connectivity index (χ3v) is 9.36. The normalized spacial score (nSPS) is 18.4. The highest BCUT2D eigenvalue weighted by atomic mass is 19.2. The molecule has 0 aliphatic carbocycles. The minimum absolute atomic E-state index is 0.0385. The fourth-order valence-corrected chi connectivity index (χ4v) is 7.01. The molecule has 1 atom stereocenters. The molecule has 2 aliphatic heterocycles. The Labute approximate surface area is 267 Å². The van der Waals surface area contributed by atoms with Crippen LogP contribution in [-0.2, 0) is 15.0 Å². The Hall–Kier alpha value is -4.44. The molecule has 7 nitrogen and oxygen atoms in total. The molecule has 10 heteroatoms. The topological polar surface area (TPSA) is 73.0 Å². The summed E-state index contributed by atoms with van der Waals surface area (Å²) in [6, 6.07) is 16.7. The van der Waals surface area contributed by atoms with Crippen LogP contribution in [0.1, 0.15) is 67.0 Å². The molecular formula is C36H39F3N4O3. The Morgan fingerprint density at radius 3 is 2.22 bits per heavy atom. The van der Waals surface area contributed by atoms with Gasteiger partial charge in [0.1, 0.15) is 6.04 Å². The fraction of sp³-hybridized carbons (Fsp3) is 0.361. The zero-order valence-corrected chi connectivity index (χ0v) is 26.6. The van der Waals surface area contributed by atoms with Crippen LogP contribution in [0.3, 0.4) is 0 Å². The minimum Gasteiger partial charge on any atom is -0.310 e. The average Bonchev–Trinajstić information content (AvgIpc) is 3.02. The second-order valence-electron chi connectivity index (χ2n) is 12.3. The van der Waals surface area contributed by atoms with Gasteiger partial charge in [-0.1, -0.05) is 54.1 Å². The van der Waals surface area contributed by atoms with Crippen LogP contribution in [0, 0.1) is 31.3 Å². The number of hydrogen-bond donors (Lipinski definition) is 1. The van der Waals surface area contributed by atoms with E-state index < -0.39 is 35.3 Å². The number of benzene rings is 3. The maximum absolute atomic E-state index is 14.3. The van der Waals surface area contributed by atoms with Gasteiger partial charge in [-0.05, 0) is 101 Å². The van der Waals surface area contributed by atoms with Crippen molar-refractivity contribution in [3.05, 3.63) is 117 Å². The number of nitrogens with zero attached hydrogens (tertiary/aromatic N) is 3. The summed E-state index contributed by atoms with van der Waals surface area (Å²) in [5.74, 6) is -5.06. The molecule has 242 valence electrons. The Morgan fingerprint density at radius 1 is 1.00 bits per heavy atom. The second-order valence-corrected chi connectivity index (χ2v) is 12.3. The summed E-state index contributed by atoms with van der Waals surface area (Å²) >= 11 is 0. The maximum Gasteiger partial charge on any atom is 0.341 e. The number of carbonyl (C=O) groups is 3. The molecule has 3 aromatic rings. The summed E-state index contributed by atoms with van der Waals surface area (Å²) < 4.78 is 42.5. The van der Waals surface area contributed by atoms with E-state index in [0.717, 1.165) is 48.1 Å². The molecule has 1 N–H and O–H groups in total. The number of piperidine rings is 1. The predicted molar refractivity (Wildman–Crippen MR) is 169 cm³/mol. The van der Waals surface area contributed by atoms with E-state index in [1.807, 2.05) is 0 Å². The Kier molecular flexibility index (Phi) is 9.67. The molecule has 3 aromatic carbocycles. The van der Waals surface area contributed by atoms with Gasteiger partial charge in [-0.15, -0.1) is 0 Å². The zero-order valence-electron chi connectivity index (χ0n) is 26.6. The summed E-state index contributed by atoms with van der Waals surface area (Å²) in [5, 5.41) is 4.68. The lowest BCUT2D eigenvalue weighted by Crippen LogP contribution is -2.56. The first-order valence-corrected chi connectivity index (χ1v) is 15.5. The molecule has 5 rings (SSSR count). The molecule has 1 unspecified atom stereocenters. The molecule has 2 heterocycles. The van der Waals surface area contributed by atoms with Crippen LogP contribution in [-0.4, -0.2) is 59.3 Å². The zero-order chi connectivity index (χ0) is 33.2. The summed E-state index contributed by atoms with van der Waals surface area (Å²) in [7, 11) is 0. The van der Waals surface area contributed by atoms with Crippen molar-refractivity contribution in [3.8, 4) is 0 Å². The van der Waals surface area contributed by atoms with Gasteiger partial charge in [0.25, 0.3) is 0 Å². The molecule has 1 fully saturated rings. The number of ketones is 1. The van der Waals surface area contributed by atoms with E-state index in [1.165, 1.54) is 36.1 Å². The standard InChI is InChI=1S/C36H39F3N4O3/c1-23-10-12-28(13-11-23)36(29-9-6-5-8-24(29)2)14-18-41(19-15-36)16-7-17-42(22-44)43-34(27-20-30(37)33(39)31(38)21-27)32(26(4)45)25(3)40-35(43)46/h5-6,8-13,20-22,34H,7,14-19H2,1-4H3,(H,40,46). The van der Waals surface area contributed by atoms with Gasteiger partial charge in [-0.25, -0.2) is 23.0 Å². The third-order valence-electron chi connectivity index (χ3n) is 9.36. The van der Waals surface area contributed by atoms with E-state index in [2.05, 4.69) is 72.6 Å². The number of amides is 3. The van der Waals surface area contributed by atoms with Gasteiger partial charge in [-0.3, -0.25) is 14.6 Å². The smallest absolute Gasteiger partial charge is 0.310 e. The molecule has 0 aromatic heterocycles. The Balaban J connectivity index is 1.33. The summed E-state index contributed by atoms with van der Waals surface area (Å²) in [6.45, 7) is 9.36. The van der Waals surface area contributed by atoms with E-state index in [1.54, 1.807) is 0 Å². The quantitative estimate of drug-likeness (QED) is 0.205. The SMILES string of the molecule is CC(=O)C1=C(C)NC(=O)N(N(C=O)CCCN2CCC(c3ccc(C)cc3)(c3ccccc3C)CC2)C1c1cc(F)c(F)c(F)c1. The molecule has 0 radical (unpaired) electrons. The van der Waals surface area contributed by atoms with E-state index in [9.17, 15) is 27.6 Å². The van der Waals surface area contributed by atoms with Crippen molar-refractivity contribution in [3.63, 3.8) is 0 Å². The number of hydrogen-bond acceptors (Lipinski definition) is 4. The summed E-state index contributed by atoms with van der Waals surface area (Å²) in [5.41, 5.74) is 5.01. The van der Waals surface area contributed by atoms with Crippen LogP contribution in [0.5, 0.6) is 0 Å².